The average Bonchev–Trinajstić information content (AvgIpc) is 2.38. The summed E-state index contributed by atoms with van der Waals surface area (Å²) >= 11 is 9.04. The van der Waals surface area contributed by atoms with Crippen molar-refractivity contribution in [3.8, 4) is 5.75 Å². The Hall–Kier alpha value is -1.14. The SMILES string of the molecule is CCC1(C)C(=O)CC1Oc1c(Br)cc(Cl)cc1[N+](=O)[O-]. The number of nitro benzene ring substituents is 1. The molecule has 1 saturated carbocycles. The summed E-state index contributed by atoms with van der Waals surface area (Å²) in [7, 11) is 0. The van der Waals surface area contributed by atoms with E-state index in [0.29, 0.717) is 10.9 Å². The van der Waals surface area contributed by atoms with Crippen LogP contribution in [0.25, 0.3) is 0 Å². The van der Waals surface area contributed by atoms with E-state index in [9.17, 15) is 14.9 Å². The maximum Gasteiger partial charge on any atom is 0.313 e. The Bertz CT molecular complexity index is 592. The monoisotopic (exact) mass is 361 g/mol. The number of ether oxygens (including phenoxy) is 1. The van der Waals surface area contributed by atoms with Crippen LogP contribution in [0.1, 0.15) is 26.7 Å². The Morgan fingerprint density at radius 3 is 2.75 bits per heavy atom. The fourth-order valence-electron chi connectivity index (χ4n) is 2.21. The van der Waals surface area contributed by atoms with Gasteiger partial charge in [0.25, 0.3) is 0 Å². The molecule has 0 radical (unpaired) electrons. The summed E-state index contributed by atoms with van der Waals surface area (Å²) in [5.41, 5.74) is -0.783. The summed E-state index contributed by atoms with van der Waals surface area (Å²) in [4.78, 5) is 22.2. The molecule has 0 heterocycles. The first-order valence-corrected chi connectivity index (χ1v) is 7.30. The van der Waals surface area contributed by atoms with Crippen LogP contribution in [-0.2, 0) is 4.79 Å². The standard InChI is InChI=1S/C13H13BrClNO4/c1-3-13(2)10(17)6-11(13)20-12-8(14)4-7(15)5-9(12)16(18)19/h4-5,11H,3,6H2,1-2H3. The third kappa shape index (κ3) is 2.42. The predicted molar refractivity (Wildman–Crippen MR) is 78.2 cm³/mol. The minimum absolute atomic E-state index is 0.122. The number of nitrogens with zero attached hydrogens (tertiary/aromatic N) is 1. The fraction of sp³-hybridized carbons (Fsp3) is 0.462. The van der Waals surface area contributed by atoms with Gasteiger partial charge in [-0.2, -0.15) is 0 Å². The highest BCUT2D eigenvalue weighted by Crippen LogP contribution is 2.46. The van der Waals surface area contributed by atoms with E-state index in [2.05, 4.69) is 15.9 Å². The van der Waals surface area contributed by atoms with E-state index in [-0.39, 0.29) is 34.8 Å². The zero-order valence-corrected chi connectivity index (χ0v) is 13.3. The van der Waals surface area contributed by atoms with Gasteiger partial charge < -0.3 is 4.74 Å². The molecule has 0 amide bonds. The zero-order valence-electron chi connectivity index (χ0n) is 11.0. The van der Waals surface area contributed by atoms with Crippen LogP contribution in [0, 0.1) is 15.5 Å². The Morgan fingerprint density at radius 1 is 1.60 bits per heavy atom. The van der Waals surface area contributed by atoms with Crippen molar-refractivity contribution in [3.63, 3.8) is 0 Å². The Balaban J connectivity index is 2.35. The molecule has 1 aromatic carbocycles. The molecular weight excluding hydrogens is 350 g/mol. The van der Waals surface area contributed by atoms with Crippen molar-refractivity contribution in [1.29, 1.82) is 0 Å². The first-order valence-electron chi connectivity index (χ1n) is 6.13. The average molecular weight is 363 g/mol. The second-order valence-electron chi connectivity index (χ2n) is 5.00. The number of hydrogen-bond donors (Lipinski definition) is 0. The van der Waals surface area contributed by atoms with Gasteiger partial charge in [0.15, 0.2) is 0 Å². The minimum atomic E-state index is -0.576. The number of rotatable bonds is 4. The van der Waals surface area contributed by atoms with Crippen molar-refractivity contribution in [2.24, 2.45) is 5.41 Å². The normalized spacial score (nSPS) is 25.2. The van der Waals surface area contributed by atoms with Gasteiger partial charge in [-0.3, -0.25) is 14.9 Å². The molecule has 2 atom stereocenters. The van der Waals surface area contributed by atoms with E-state index < -0.39 is 10.3 Å². The van der Waals surface area contributed by atoms with Gasteiger partial charge >= 0.3 is 5.69 Å². The number of benzene rings is 1. The summed E-state index contributed by atoms with van der Waals surface area (Å²) in [5, 5.41) is 11.3. The Labute approximate surface area is 129 Å². The first kappa shape index (κ1) is 15.3. The highest BCUT2D eigenvalue weighted by atomic mass is 79.9. The first-order chi connectivity index (χ1) is 9.29. The number of halogens is 2. The van der Waals surface area contributed by atoms with E-state index in [4.69, 9.17) is 16.3 Å². The molecule has 5 nitrogen and oxygen atoms in total. The third-order valence-electron chi connectivity index (χ3n) is 3.90. The van der Waals surface area contributed by atoms with Crippen molar-refractivity contribution in [1.82, 2.24) is 0 Å². The van der Waals surface area contributed by atoms with Crippen LogP contribution < -0.4 is 4.74 Å². The van der Waals surface area contributed by atoms with Gasteiger partial charge in [0, 0.05) is 17.5 Å². The molecule has 1 aromatic rings. The van der Waals surface area contributed by atoms with Crippen LogP contribution in [0.4, 0.5) is 5.69 Å². The molecule has 108 valence electrons. The molecule has 1 aliphatic rings. The smallest absolute Gasteiger partial charge is 0.313 e. The Morgan fingerprint density at radius 2 is 2.25 bits per heavy atom. The maximum absolute atomic E-state index is 11.7. The van der Waals surface area contributed by atoms with Crippen LogP contribution in [-0.4, -0.2) is 16.8 Å². The van der Waals surface area contributed by atoms with Gasteiger partial charge in [0.2, 0.25) is 5.75 Å². The van der Waals surface area contributed by atoms with E-state index >= 15 is 0 Å². The van der Waals surface area contributed by atoms with Gasteiger partial charge in [0.1, 0.15) is 11.9 Å². The van der Waals surface area contributed by atoms with E-state index in [1.807, 2.05) is 13.8 Å². The molecule has 0 aliphatic heterocycles. The quantitative estimate of drug-likeness (QED) is 0.596. The zero-order chi connectivity index (χ0) is 15.1. The molecule has 1 fully saturated rings. The van der Waals surface area contributed by atoms with Gasteiger partial charge in [0.05, 0.1) is 14.8 Å². The lowest BCUT2D eigenvalue weighted by molar-refractivity contribution is -0.386. The lowest BCUT2D eigenvalue weighted by Gasteiger charge is -2.44. The molecule has 0 bridgehead atoms. The summed E-state index contributed by atoms with van der Waals surface area (Å²) in [6.07, 6.45) is 0.558. The van der Waals surface area contributed by atoms with Crippen molar-refractivity contribution < 1.29 is 14.5 Å². The van der Waals surface area contributed by atoms with Crippen molar-refractivity contribution >= 4 is 39.0 Å². The molecule has 0 saturated heterocycles. The number of carbonyl (C=O) groups excluding carboxylic acids is 1. The molecule has 2 rings (SSSR count). The number of nitro groups is 1. The molecule has 1 aliphatic carbocycles. The molecule has 2 unspecified atom stereocenters. The van der Waals surface area contributed by atoms with Crippen LogP contribution in [0.2, 0.25) is 5.02 Å². The molecule has 0 N–H and O–H groups in total. The van der Waals surface area contributed by atoms with E-state index in [0.717, 1.165) is 0 Å². The lowest BCUT2D eigenvalue weighted by Crippen LogP contribution is -2.54. The van der Waals surface area contributed by atoms with Gasteiger partial charge in [-0.15, -0.1) is 0 Å². The summed E-state index contributed by atoms with van der Waals surface area (Å²) < 4.78 is 6.15. The van der Waals surface area contributed by atoms with Crippen molar-refractivity contribution in [2.45, 2.75) is 32.8 Å². The number of carbonyl (C=O) groups is 1. The van der Waals surface area contributed by atoms with Crippen LogP contribution >= 0.6 is 27.5 Å². The second kappa shape index (κ2) is 5.33. The van der Waals surface area contributed by atoms with Gasteiger partial charge in [-0.1, -0.05) is 18.5 Å². The molecule has 0 spiro atoms. The fourth-order valence-corrected chi connectivity index (χ4v) is 3.10. The van der Waals surface area contributed by atoms with E-state index in [1.165, 1.54) is 12.1 Å². The minimum Gasteiger partial charge on any atom is -0.481 e. The molecule has 7 heteroatoms. The molecule has 20 heavy (non-hydrogen) atoms. The molecule has 0 aromatic heterocycles. The van der Waals surface area contributed by atoms with Crippen molar-refractivity contribution in [2.75, 3.05) is 0 Å². The lowest BCUT2D eigenvalue weighted by atomic mass is 9.64. The van der Waals surface area contributed by atoms with Gasteiger partial charge in [-0.25, -0.2) is 0 Å². The summed E-state index contributed by atoms with van der Waals surface area (Å²) in [6.45, 7) is 3.72. The van der Waals surface area contributed by atoms with Crippen LogP contribution in [0.5, 0.6) is 5.75 Å². The predicted octanol–water partition coefficient (Wildman–Crippen LogP) is 4.15. The Kier molecular flexibility index (Phi) is 4.07. The van der Waals surface area contributed by atoms with Crippen molar-refractivity contribution in [3.05, 3.63) is 31.7 Å². The highest BCUT2D eigenvalue weighted by molar-refractivity contribution is 9.10. The maximum atomic E-state index is 11.7. The topological polar surface area (TPSA) is 69.4 Å². The van der Waals surface area contributed by atoms with E-state index in [1.54, 1.807) is 0 Å². The second-order valence-corrected chi connectivity index (χ2v) is 6.29. The largest absolute Gasteiger partial charge is 0.481 e. The summed E-state index contributed by atoms with van der Waals surface area (Å²) in [5.74, 6) is 0.245. The highest BCUT2D eigenvalue weighted by Gasteiger charge is 2.52. The van der Waals surface area contributed by atoms with Crippen LogP contribution in [0.15, 0.2) is 16.6 Å². The number of ketones is 1. The molecular formula is C13H13BrClNO4. The number of hydrogen-bond acceptors (Lipinski definition) is 4. The number of Topliss-reactive ketones (excluding diaryl/α,β-unsaturated/α-hetero) is 1. The summed E-state index contributed by atoms with van der Waals surface area (Å²) in [6, 6.07) is 2.78. The van der Waals surface area contributed by atoms with Crippen LogP contribution in [0.3, 0.4) is 0 Å². The van der Waals surface area contributed by atoms with Gasteiger partial charge in [-0.05, 0) is 35.3 Å². The third-order valence-corrected chi connectivity index (χ3v) is 4.71.